The van der Waals surface area contributed by atoms with Crippen LogP contribution in [0.25, 0.3) is 0 Å². The molecule has 0 aromatic heterocycles. The Morgan fingerprint density at radius 1 is 1.05 bits per heavy atom. The molecule has 236 valence electrons. The van der Waals surface area contributed by atoms with Crippen molar-refractivity contribution in [3.05, 3.63) is 29.8 Å². The van der Waals surface area contributed by atoms with Crippen LogP contribution in [0.4, 0.5) is 4.79 Å². The van der Waals surface area contributed by atoms with Gasteiger partial charge in [-0.05, 0) is 108 Å². The highest BCUT2D eigenvalue weighted by Gasteiger charge is 2.51. The Hall–Kier alpha value is -3.30. The van der Waals surface area contributed by atoms with Gasteiger partial charge in [0.15, 0.2) is 5.96 Å². The molecule has 1 aromatic rings. The Bertz CT molecular complexity index is 1140. The number of esters is 1. The summed E-state index contributed by atoms with van der Waals surface area (Å²) in [5, 5.41) is 8.65. The lowest BCUT2D eigenvalue weighted by atomic mass is 9.50. The number of aliphatic imine (C=N–C) groups is 1. The fraction of sp³-hybridized carbons (Fsp3) is 0.697. The van der Waals surface area contributed by atoms with Crippen LogP contribution in [-0.2, 0) is 25.5 Å². The van der Waals surface area contributed by atoms with Gasteiger partial charge < -0.3 is 24.8 Å². The van der Waals surface area contributed by atoms with Crippen molar-refractivity contribution in [1.82, 2.24) is 16.0 Å². The van der Waals surface area contributed by atoms with Crippen LogP contribution in [0.15, 0.2) is 29.3 Å². The number of nitrogens with zero attached hydrogens (tertiary/aromatic N) is 1. The Morgan fingerprint density at radius 2 is 1.72 bits per heavy atom. The molecule has 1 aromatic carbocycles. The van der Waals surface area contributed by atoms with Gasteiger partial charge in [-0.3, -0.25) is 15.1 Å². The van der Waals surface area contributed by atoms with Gasteiger partial charge in [0.2, 0.25) is 5.91 Å². The standard InChI is InChI=1S/C33H48N4O6/c1-32(2,3)43-29(39)27(36-31(40)42-21-33-18-23-15-24(19-33)17-25(16-23)20-33)11-14-41-26-8-5-22(6-9-26)7-10-28(38)37-30-34-12-4-13-35-30/h5-6,8-9,23-25,27H,4,7,10-21H2,1-3H3,(H,36,40)(H2,34,35,37,38)/t23?,24?,25?,27-,33?/m0/s1. The summed E-state index contributed by atoms with van der Waals surface area (Å²) < 4.78 is 17.2. The number of guanidine groups is 1. The van der Waals surface area contributed by atoms with Crippen molar-refractivity contribution in [2.24, 2.45) is 28.2 Å². The molecule has 1 atom stereocenters. The van der Waals surface area contributed by atoms with E-state index in [0.717, 1.165) is 62.1 Å². The molecule has 10 heteroatoms. The third-order valence-electron chi connectivity index (χ3n) is 9.05. The van der Waals surface area contributed by atoms with Crippen molar-refractivity contribution in [3.63, 3.8) is 0 Å². The highest BCUT2D eigenvalue weighted by molar-refractivity contribution is 5.97. The maximum atomic E-state index is 13.0. The summed E-state index contributed by atoms with van der Waals surface area (Å²) >= 11 is 0. The average Bonchev–Trinajstić information content (AvgIpc) is 2.94. The van der Waals surface area contributed by atoms with E-state index >= 15 is 0 Å². The first-order valence-corrected chi connectivity index (χ1v) is 16.0. The predicted molar refractivity (Wildman–Crippen MR) is 163 cm³/mol. The van der Waals surface area contributed by atoms with Crippen LogP contribution < -0.4 is 20.7 Å². The lowest BCUT2D eigenvalue weighted by Crippen LogP contribution is -2.50. The largest absolute Gasteiger partial charge is 0.494 e. The van der Waals surface area contributed by atoms with Gasteiger partial charge in [0.05, 0.1) is 13.2 Å². The number of hydrogen-bond acceptors (Lipinski definition) is 8. The van der Waals surface area contributed by atoms with Gasteiger partial charge in [-0.2, -0.15) is 0 Å². The number of ether oxygens (including phenoxy) is 3. The van der Waals surface area contributed by atoms with Crippen molar-refractivity contribution in [2.75, 3.05) is 26.3 Å². The Morgan fingerprint density at radius 3 is 2.33 bits per heavy atom. The molecule has 4 saturated carbocycles. The molecule has 2 amide bonds. The third kappa shape index (κ3) is 9.10. The minimum Gasteiger partial charge on any atom is -0.494 e. The minimum atomic E-state index is -0.885. The Labute approximate surface area is 255 Å². The van der Waals surface area contributed by atoms with Crippen LogP contribution in [0.5, 0.6) is 5.75 Å². The van der Waals surface area contributed by atoms with Crippen LogP contribution in [0.1, 0.15) is 84.1 Å². The molecule has 0 unspecified atom stereocenters. The second kappa shape index (κ2) is 13.6. The van der Waals surface area contributed by atoms with Gasteiger partial charge in [-0.15, -0.1) is 0 Å². The summed E-state index contributed by atoms with van der Waals surface area (Å²) in [4.78, 5) is 42.3. The van der Waals surface area contributed by atoms with Gasteiger partial charge in [0.1, 0.15) is 17.4 Å². The van der Waals surface area contributed by atoms with Crippen molar-refractivity contribution in [3.8, 4) is 5.75 Å². The van der Waals surface area contributed by atoms with E-state index in [-0.39, 0.29) is 24.3 Å². The molecule has 3 N–H and O–H groups in total. The molecule has 6 rings (SSSR count). The lowest BCUT2D eigenvalue weighted by Gasteiger charge is -2.56. The molecule has 1 aliphatic heterocycles. The monoisotopic (exact) mass is 596 g/mol. The maximum absolute atomic E-state index is 13.0. The maximum Gasteiger partial charge on any atom is 0.407 e. The Balaban J connectivity index is 1.07. The summed E-state index contributed by atoms with van der Waals surface area (Å²) in [6.45, 7) is 7.57. The molecule has 10 nitrogen and oxygen atoms in total. The number of carbonyl (C=O) groups excluding carboxylic acids is 3. The number of carbonyl (C=O) groups is 3. The molecule has 5 aliphatic rings. The summed E-state index contributed by atoms with van der Waals surface area (Å²) in [7, 11) is 0. The van der Waals surface area contributed by atoms with Crippen molar-refractivity contribution < 1.29 is 28.6 Å². The molecule has 0 saturated heterocycles. The first-order valence-electron chi connectivity index (χ1n) is 16.0. The minimum absolute atomic E-state index is 0.0781. The number of amides is 2. The van der Waals surface area contributed by atoms with Crippen LogP contribution >= 0.6 is 0 Å². The summed E-state index contributed by atoms with van der Waals surface area (Å²) in [6, 6.07) is 6.64. The normalized spacial score (nSPS) is 26.5. The number of aryl methyl sites for hydroxylation is 1. The predicted octanol–water partition coefficient (Wildman–Crippen LogP) is 4.51. The topological polar surface area (TPSA) is 127 Å². The van der Waals surface area contributed by atoms with E-state index in [2.05, 4.69) is 20.9 Å². The lowest BCUT2D eigenvalue weighted by molar-refractivity contribution is -0.157. The zero-order chi connectivity index (χ0) is 30.5. The first kappa shape index (κ1) is 31.1. The summed E-state index contributed by atoms with van der Waals surface area (Å²) in [6.07, 6.45) is 9.02. The van der Waals surface area contributed by atoms with Crippen molar-refractivity contribution in [1.29, 1.82) is 0 Å². The summed E-state index contributed by atoms with van der Waals surface area (Å²) in [5.41, 5.74) is 0.429. The number of alkyl carbamates (subject to hydrolysis) is 1. The summed E-state index contributed by atoms with van der Waals surface area (Å²) in [5.74, 6) is 2.93. The smallest absolute Gasteiger partial charge is 0.407 e. The molecule has 0 radical (unpaired) electrons. The van der Waals surface area contributed by atoms with E-state index in [1.54, 1.807) is 20.8 Å². The zero-order valence-electron chi connectivity index (χ0n) is 25.9. The van der Waals surface area contributed by atoms with E-state index in [9.17, 15) is 14.4 Å². The average molecular weight is 597 g/mol. The van der Waals surface area contributed by atoms with Gasteiger partial charge in [0, 0.05) is 31.3 Å². The highest BCUT2D eigenvalue weighted by atomic mass is 16.6. The van der Waals surface area contributed by atoms with E-state index in [4.69, 9.17) is 14.2 Å². The number of rotatable bonds is 11. The fourth-order valence-corrected chi connectivity index (χ4v) is 7.61. The van der Waals surface area contributed by atoms with Crippen molar-refractivity contribution >= 4 is 23.9 Å². The molecule has 4 fully saturated rings. The molecule has 0 spiro atoms. The van der Waals surface area contributed by atoms with E-state index in [1.165, 1.54) is 19.3 Å². The number of benzene rings is 1. The first-order chi connectivity index (χ1) is 20.5. The zero-order valence-corrected chi connectivity index (χ0v) is 25.9. The second-order valence-electron chi connectivity index (χ2n) is 14.1. The van der Waals surface area contributed by atoms with Crippen LogP contribution in [-0.4, -0.2) is 61.9 Å². The molecule has 4 aliphatic carbocycles. The van der Waals surface area contributed by atoms with Crippen LogP contribution in [0, 0.1) is 23.2 Å². The van der Waals surface area contributed by atoms with Gasteiger partial charge >= 0.3 is 12.1 Å². The van der Waals surface area contributed by atoms with Crippen LogP contribution in [0.2, 0.25) is 0 Å². The quantitative estimate of drug-likeness (QED) is 0.321. The Kier molecular flexibility index (Phi) is 9.82. The van der Waals surface area contributed by atoms with Gasteiger partial charge in [-0.1, -0.05) is 12.1 Å². The molecule has 43 heavy (non-hydrogen) atoms. The van der Waals surface area contributed by atoms with Crippen molar-refractivity contribution in [2.45, 2.75) is 96.6 Å². The fourth-order valence-electron chi connectivity index (χ4n) is 7.61. The number of hydrogen-bond donors (Lipinski definition) is 3. The molecule has 1 heterocycles. The third-order valence-corrected chi connectivity index (χ3v) is 9.05. The highest BCUT2D eigenvalue weighted by Crippen LogP contribution is 2.60. The molecular formula is C33H48N4O6. The van der Waals surface area contributed by atoms with Gasteiger partial charge in [-0.25, -0.2) is 9.59 Å². The molecular weight excluding hydrogens is 548 g/mol. The van der Waals surface area contributed by atoms with E-state index in [0.29, 0.717) is 31.2 Å². The SMILES string of the molecule is CC(C)(C)OC(=O)[C@H](CCOc1ccc(CCC(=O)NC2=NCCCN2)cc1)NC(=O)OCC12CC3CC(CC(C3)C1)C2. The van der Waals surface area contributed by atoms with E-state index < -0.39 is 23.7 Å². The van der Waals surface area contributed by atoms with E-state index in [1.807, 2.05) is 24.3 Å². The van der Waals surface area contributed by atoms with Crippen LogP contribution in [0.3, 0.4) is 0 Å². The molecule has 4 bridgehead atoms. The second-order valence-corrected chi connectivity index (χ2v) is 14.1. The van der Waals surface area contributed by atoms with Gasteiger partial charge in [0.25, 0.3) is 0 Å². The number of nitrogens with one attached hydrogen (secondary N) is 3.